The van der Waals surface area contributed by atoms with Crippen molar-refractivity contribution in [1.82, 2.24) is 0 Å². The first-order valence-electron chi connectivity index (χ1n) is 8.09. The lowest BCUT2D eigenvalue weighted by Gasteiger charge is -2.50. The molecule has 2 fully saturated rings. The first-order valence-corrected chi connectivity index (χ1v) is 8.61. The number of hydrogen-bond acceptors (Lipinski definition) is 2. The molecule has 1 N–H and O–H groups in total. The molecular formula is C18H24OS. The predicted molar refractivity (Wildman–Crippen MR) is 85.5 cm³/mol. The van der Waals surface area contributed by atoms with Gasteiger partial charge in [0.2, 0.25) is 0 Å². The zero-order valence-corrected chi connectivity index (χ0v) is 13.1. The fraction of sp³-hybridized carbons (Fsp3) is 0.667. The molecule has 0 saturated heterocycles. The number of fused-ring (bicyclic) bond motifs is 5. The van der Waals surface area contributed by atoms with Crippen LogP contribution in [0, 0.1) is 17.3 Å². The summed E-state index contributed by atoms with van der Waals surface area (Å²) in [6, 6.07) is 6.07. The van der Waals surface area contributed by atoms with Crippen molar-refractivity contribution in [2.75, 3.05) is 0 Å². The van der Waals surface area contributed by atoms with Crippen LogP contribution in [-0.4, -0.2) is 10.4 Å². The normalized spacial score (nSPS) is 42.7. The van der Waals surface area contributed by atoms with Crippen LogP contribution in [-0.2, 0) is 6.42 Å². The van der Waals surface area contributed by atoms with Gasteiger partial charge in [-0.2, -0.15) is 12.6 Å². The molecule has 0 amide bonds. The average Bonchev–Trinajstić information content (AvgIpc) is 2.74. The highest BCUT2D eigenvalue weighted by molar-refractivity contribution is 7.81. The summed E-state index contributed by atoms with van der Waals surface area (Å²) < 4.78 is 0. The van der Waals surface area contributed by atoms with E-state index in [0.29, 0.717) is 16.4 Å². The first-order chi connectivity index (χ1) is 9.59. The van der Waals surface area contributed by atoms with Crippen molar-refractivity contribution >= 4 is 12.6 Å². The van der Waals surface area contributed by atoms with Crippen LogP contribution < -0.4 is 0 Å². The monoisotopic (exact) mass is 288 g/mol. The van der Waals surface area contributed by atoms with E-state index in [9.17, 15) is 5.11 Å². The molecule has 0 heterocycles. The summed E-state index contributed by atoms with van der Waals surface area (Å²) in [6.45, 7) is 2.49. The second kappa shape index (κ2) is 4.43. The highest BCUT2D eigenvalue weighted by atomic mass is 32.1. The average molecular weight is 288 g/mol. The Kier molecular flexibility index (Phi) is 2.89. The smallest absolute Gasteiger partial charge is 0.115 e. The molecule has 0 aromatic heterocycles. The highest BCUT2D eigenvalue weighted by Gasteiger charge is 2.53. The molecule has 1 nitrogen and oxygen atoms in total. The van der Waals surface area contributed by atoms with Gasteiger partial charge in [-0.15, -0.1) is 0 Å². The lowest BCUT2D eigenvalue weighted by molar-refractivity contribution is 0.0633. The van der Waals surface area contributed by atoms with E-state index in [4.69, 9.17) is 12.6 Å². The molecule has 108 valence electrons. The third-order valence-corrected chi connectivity index (χ3v) is 7.51. The summed E-state index contributed by atoms with van der Waals surface area (Å²) in [6.07, 6.45) is 7.77. The number of aromatic hydroxyl groups is 1. The summed E-state index contributed by atoms with van der Waals surface area (Å²) in [4.78, 5) is 0. The summed E-state index contributed by atoms with van der Waals surface area (Å²) in [7, 11) is 0. The number of phenols is 1. The van der Waals surface area contributed by atoms with Gasteiger partial charge in [0.25, 0.3) is 0 Å². The molecule has 20 heavy (non-hydrogen) atoms. The van der Waals surface area contributed by atoms with Gasteiger partial charge in [0.05, 0.1) is 0 Å². The fourth-order valence-corrected chi connectivity index (χ4v) is 6.01. The summed E-state index contributed by atoms with van der Waals surface area (Å²) in [5.74, 6) is 2.88. The predicted octanol–water partition coefficient (Wildman–Crippen LogP) is 4.55. The number of benzene rings is 1. The standard InChI is InChI=1S/C18H24OS/c1-18-9-8-14-13-5-3-12(19)10-11(13)2-4-15(14)16(18)6-7-17(18)20/h3,5,10,14-17,19-20H,2,4,6-9H2,1H3/t14-,15-,16+,17?,18+/m1/s1. The van der Waals surface area contributed by atoms with Gasteiger partial charge in [-0.05, 0) is 85.0 Å². The third-order valence-electron chi connectivity index (χ3n) is 6.66. The van der Waals surface area contributed by atoms with Crippen LogP contribution in [0.5, 0.6) is 5.75 Å². The van der Waals surface area contributed by atoms with E-state index < -0.39 is 0 Å². The molecule has 2 saturated carbocycles. The van der Waals surface area contributed by atoms with Crippen molar-refractivity contribution in [2.45, 2.75) is 56.6 Å². The van der Waals surface area contributed by atoms with Gasteiger partial charge in [0.1, 0.15) is 5.75 Å². The van der Waals surface area contributed by atoms with Gasteiger partial charge in [0.15, 0.2) is 0 Å². The van der Waals surface area contributed by atoms with Crippen LogP contribution in [0.1, 0.15) is 56.1 Å². The van der Waals surface area contributed by atoms with E-state index in [1.165, 1.54) is 43.2 Å². The van der Waals surface area contributed by atoms with Crippen LogP contribution in [0.3, 0.4) is 0 Å². The minimum atomic E-state index is 0.430. The van der Waals surface area contributed by atoms with Crippen LogP contribution in [0.2, 0.25) is 0 Å². The summed E-state index contributed by atoms with van der Waals surface area (Å²) in [5, 5.41) is 10.3. The zero-order valence-electron chi connectivity index (χ0n) is 12.2. The Labute approximate surface area is 127 Å². The van der Waals surface area contributed by atoms with E-state index in [1.54, 1.807) is 0 Å². The van der Waals surface area contributed by atoms with E-state index >= 15 is 0 Å². The quantitative estimate of drug-likeness (QED) is 0.671. The SMILES string of the molecule is C[C@]12CC[C@@H]3c4ccc(O)cc4CC[C@H]3[C@@H]1CCC2S. The first kappa shape index (κ1) is 13.1. The third kappa shape index (κ3) is 1.70. The van der Waals surface area contributed by atoms with Crippen molar-refractivity contribution in [3.8, 4) is 5.75 Å². The van der Waals surface area contributed by atoms with Crippen molar-refractivity contribution in [2.24, 2.45) is 17.3 Å². The maximum Gasteiger partial charge on any atom is 0.115 e. The van der Waals surface area contributed by atoms with E-state index in [2.05, 4.69) is 13.0 Å². The second-order valence-electron chi connectivity index (χ2n) is 7.44. The molecule has 3 aliphatic carbocycles. The molecule has 0 radical (unpaired) electrons. The van der Waals surface area contributed by atoms with Gasteiger partial charge < -0.3 is 5.11 Å². The minimum Gasteiger partial charge on any atom is -0.508 e. The van der Waals surface area contributed by atoms with E-state index in [1.807, 2.05) is 12.1 Å². The van der Waals surface area contributed by atoms with Crippen LogP contribution >= 0.6 is 12.6 Å². The highest BCUT2D eigenvalue weighted by Crippen LogP contribution is 2.62. The van der Waals surface area contributed by atoms with E-state index in [0.717, 1.165) is 24.2 Å². The number of aryl methyl sites for hydroxylation is 1. The molecule has 3 aliphatic rings. The van der Waals surface area contributed by atoms with Crippen LogP contribution in [0.4, 0.5) is 0 Å². The van der Waals surface area contributed by atoms with Crippen LogP contribution in [0.25, 0.3) is 0 Å². The minimum absolute atomic E-state index is 0.430. The largest absolute Gasteiger partial charge is 0.508 e. The number of rotatable bonds is 0. The Morgan fingerprint density at radius 3 is 2.90 bits per heavy atom. The molecular weight excluding hydrogens is 264 g/mol. The maximum atomic E-state index is 9.70. The van der Waals surface area contributed by atoms with Crippen molar-refractivity contribution in [3.05, 3.63) is 29.3 Å². The van der Waals surface area contributed by atoms with Gasteiger partial charge in [-0.25, -0.2) is 0 Å². The van der Waals surface area contributed by atoms with Crippen molar-refractivity contribution < 1.29 is 5.11 Å². The number of hydrogen-bond donors (Lipinski definition) is 2. The molecule has 4 rings (SSSR count). The molecule has 0 aliphatic heterocycles. The molecule has 2 heteroatoms. The van der Waals surface area contributed by atoms with Crippen molar-refractivity contribution in [3.63, 3.8) is 0 Å². The Hall–Kier alpha value is -0.630. The van der Waals surface area contributed by atoms with Gasteiger partial charge in [-0.1, -0.05) is 13.0 Å². The molecule has 5 atom stereocenters. The number of phenolic OH excluding ortho intramolecular Hbond substituents is 1. The Bertz CT molecular complexity index is 540. The zero-order chi connectivity index (χ0) is 13.9. The molecule has 0 bridgehead atoms. The summed E-state index contributed by atoms with van der Waals surface area (Å²) in [5.41, 5.74) is 3.40. The van der Waals surface area contributed by atoms with Gasteiger partial charge in [0, 0.05) is 5.25 Å². The fourth-order valence-electron chi connectivity index (χ4n) is 5.54. The Morgan fingerprint density at radius 1 is 1.20 bits per heavy atom. The molecule has 1 aromatic rings. The lowest BCUT2D eigenvalue weighted by Crippen LogP contribution is -2.42. The Balaban J connectivity index is 1.71. The van der Waals surface area contributed by atoms with E-state index in [-0.39, 0.29) is 0 Å². The summed E-state index contributed by atoms with van der Waals surface area (Å²) >= 11 is 4.89. The van der Waals surface area contributed by atoms with Gasteiger partial charge >= 0.3 is 0 Å². The molecule has 0 spiro atoms. The maximum absolute atomic E-state index is 9.70. The lowest BCUT2D eigenvalue weighted by atomic mass is 9.56. The molecule has 1 unspecified atom stereocenters. The number of thiol groups is 1. The molecule has 1 aromatic carbocycles. The Morgan fingerprint density at radius 2 is 2.05 bits per heavy atom. The van der Waals surface area contributed by atoms with Gasteiger partial charge in [-0.3, -0.25) is 0 Å². The van der Waals surface area contributed by atoms with Crippen LogP contribution in [0.15, 0.2) is 18.2 Å². The topological polar surface area (TPSA) is 20.2 Å². The van der Waals surface area contributed by atoms with Crippen molar-refractivity contribution in [1.29, 1.82) is 0 Å². The second-order valence-corrected chi connectivity index (χ2v) is 8.06.